The Bertz CT molecular complexity index is 847. The van der Waals surface area contributed by atoms with Gasteiger partial charge in [0.25, 0.3) is 5.89 Å². The van der Waals surface area contributed by atoms with Crippen molar-refractivity contribution in [1.82, 2.24) is 24.6 Å². The summed E-state index contributed by atoms with van der Waals surface area (Å²) in [7, 11) is 4.05. The van der Waals surface area contributed by atoms with E-state index in [1.807, 2.05) is 30.7 Å². The zero-order valence-electron chi connectivity index (χ0n) is 15.0. The van der Waals surface area contributed by atoms with Crippen molar-refractivity contribution in [2.24, 2.45) is 7.05 Å². The first-order valence-corrected chi connectivity index (χ1v) is 8.77. The Morgan fingerprint density at radius 2 is 2.00 bits per heavy atom. The van der Waals surface area contributed by atoms with Crippen molar-refractivity contribution in [3.05, 3.63) is 39.3 Å². The molecular weight excluding hydrogens is 322 g/mol. The molecule has 7 heteroatoms. The molecule has 0 bridgehead atoms. The Balaban J connectivity index is 1.74. The summed E-state index contributed by atoms with van der Waals surface area (Å²) >= 11 is 1.73. The highest BCUT2D eigenvalue weighted by molar-refractivity contribution is 7.11. The molecule has 3 aromatic heterocycles. The molecule has 0 amide bonds. The van der Waals surface area contributed by atoms with E-state index in [1.54, 1.807) is 11.3 Å². The highest BCUT2D eigenvalue weighted by atomic mass is 32.1. The highest BCUT2D eigenvalue weighted by Crippen LogP contribution is 2.27. The first kappa shape index (κ1) is 16.9. The van der Waals surface area contributed by atoms with Crippen molar-refractivity contribution in [3.8, 4) is 11.6 Å². The third kappa shape index (κ3) is 3.14. The largest absolute Gasteiger partial charge is 0.418 e. The number of hydrogen-bond acceptors (Lipinski definition) is 6. The summed E-state index contributed by atoms with van der Waals surface area (Å²) in [4.78, 5) is 8.08. The standard InChI is InChI=1S/C17H23N5OS/c1-10-7-8-14(22(10)6)17-20-19-15(23-17)9-21(5)11(2)16-12(3)24-13(4)18-16/h7-8,11H,9H2,1-6H3/t11-/m0/s1. The molecule has 3 aromatic rings. The average Bonchev–Trinajstić information content (AvgIpc) is 3.20. The van der Waals surface area contributed by atoms with Gasteiger partial charge in [0.1, 0.15) is 5.69 Å². The summed E-state index contributed by atoms with van der Waals surface area (Å²) in [5, 5.41) is 9.49. The molecule has 0 aliphatic rings. The van der Waals surface area contributed by atoms with Gasteiger partial charge in [-0.1, -0.05) is 0 Å². The van der Waals surface area contributed by atoms with Crippen molar-refractivity contribution in [2.75, 3.05) is 7.05 Å². The Kier molecular flexibility index (Phi) is 4.56. The van der Waals surface area contributed by atoms with E-state index in [-0.39, 0.29) is 6.04 Å². The van der Waals surface area contributed by atoms with Crippen molar-refractivity contribution in [3.63, 3.8) is 0 Å². The fourth-order valence-electron chi connectivity index (χ4n) is 2.74. The zero-order chi connectivity index (χ0) is 17.4. The van der Waals surface area contributed by atoms with Crippen LogP contribution in [0.4, 0.5) is 0 Å². The van der Waals surface area contributed by atoms with Gasteiger partial charge in [0.05, 0.1) is 23.3 Å². The minimum absolute atomic E-state index is 0.197. The molecule has 6 nitrogen and oxygen atoms in total. The highest BCUT2D eigenvalue weighted by Gasteiger charge is 2.20. The number of nitrogens with zero attached hydrogens (tertiary/aromatic N) is 5. The average molecular weight is 345 g/mol. The van der Waals surface area contributed by atoms with Gasteiger partial charge in [-0.15, -0.1) is 21.5 Å². The van der Waals surface area contributed by atoms with E-state index < -0.39 is 0 Å². The maximum atomic E-state index is 5.85. The van der Waals surface area contributed by atoms with Gasteiger partial charge in [-0.05, 0) is 46.9 Å². The lowest BCUT2D eigenvalue weighted by Crippen LogP contribution is -2.23. The summed E-state index contributed by atoms with van der Waals surface area (Å²) in [5.74, 6) is 1.17. The molecular formula is C17H23N5OS. The van der Waals surface area contributed by atoms with Crippen LogP contribution in [-0.4, -0.2) is 31.7 Å². The molecule has 0 fully saturated rings. The monoisotopic (exact) mass is 345 g/mol. The molecule has 0 saturated heterocycles. The second-order valence-corrected chi connectivity index (χ2v) is 7.59. The Hall–Kier alpha value is -1.99. The zero-order valence-corrected chi connectivity index (χ0v) is 15.8. The molecule has 24 heavy (non-hydrogen) atoms. The predicted octanol–water partition coefficient (Wildman–Crippen LogP) is 3.65. The maximum absolute atomic E-state index is 5.85. The van der Waals surface area contributed by atoms with Gasteiger partial charge in [-0.2, -0.15) is 0 Å². The van der Waals surface area contributed by atoms with Gasteiger partial charge in [0, 0.05) is 17.6 Å². The van der Waals surface area contributed by atoms with Crippen LogP contribution in [0.25, 0.3) is 11.6 Å². The molecule has 0 spiro atoms. The van der Waals surface area contributed by atoms with Gasteiger partial charge >= 0.3 is 0 Å². The van der Waals surface area contributed by atoms with Crippen molar-refractivity contribution >= 4 is 11.3 Å². The van der Waals surface area contributed by atoms with E-state index in [9.17, 15) is 0 Å². The van der Waals surface area contributed by atoms with Crippen LogP contribution in [0.15, 0.2) is 16.5 Å². The molecule has 0 aliphatic carbocycles. The van der Waals surface area contributed by atoms with E-state index in [0.29, 0.717) is 18.3 Å². The lowest BCUT2D eigenvalue weighted by Gasteiger charge is -2.22. The summed E-state index contributed by atoms with van der Waals surface area (Å²) in [6, 6.07) is 4.24. The van der Waals surface area contributed by atoms with E-state index in [4.69, 9.17) is 4.42 Å². The van der Waals surface area contributed by atoms with Crippen molar-refractivity contribution in [1.29, 1.82) is 0 Å². The predicted molar refractivity (Wildman–Crippen MR) is 94.9 cm³/mol. The fourth-order valence-corrected chi connectivity index (χ4v) is 3.65. The van der Waals surface area contributed by atoms with Gasteiger partial charge in [0.2, 0.25) is 5.89 Å². The molecule has 128 valence electrons. The van der Waals surface area contributed by atoms with Crippen LogP contribution in [0.2, 0.25) is 0 Å². The van der Waals surface area contributed by atoms with Gasteiger partial charge < -0.3 is 8.98 Å². The summed E-state index contributed by atoms with van der Waals surface area (Å²) < 4.78 is 7.90. The van der Waals surface area contributed by atoms with Crippen LogP contribution in [-0.2, 0) is 13.6 Å². The van der Waals surface area contributed by atoms with Crippen LogP contribution >= 0.6 is 11.3 Å². The van der Waals surface area contributed by atoms with Gasteiger partial charge in [-0.25, -0.2) is 4.98 Å². The topological polar surface area (TPSA) is 60.0 Å². The Labute approximate surface area is 146 Å². The number of thiazole rings is 1. The SMILES string of the molecule is Cc1nc([C@H](C)N(C)Cc2nnc(-c3ccc(C)n3C)o2)c(C)s1. The quantitative estimate of drug-likeness (QED) is 0.706. The smallest absolute Gasteiger partial charge is 0.264 e. The molecule has 0 aromatic carbocycles. The summed E-state index contributed by atoms with van der Waals surface area (Å²) in [5.41, 5.74) is 3.22. The molecule has 0 N–H and O–H groups in total. The Morgan fingerprint density at radius 1 is 1.25 bits per heavy atom. The third-order valence-electron chi connectivity index (χ3n) is 4.44. The van der Waals surface area contributed by atoms with E-state index in [1.165, 1.54) is 4.88 Å². The molecule has 0 radical (unpaired) electrons. The second-order valence-electron chi connectivity index (χ2n) is 6.19. The van der Waals surface area contributed by atoms with Crippen LogP contribution in [0.1, 0.15) is 40.1 Å². The minimum Gasteiger partial charge on any atom is -0.418 e. The van der Waals surface area contributed by atoms with Crippen molar-refractivity contribution in [2.45, 2.75) is 40.3 Å². The van der Waals surface area contributed by atoms with Crippen molar-refractivity contribution < 1.29 is 4.42 Å². The number of aryl methyl sites for hydroxylation is 3. The lowest BCUT2D eigenvalue weighted by molar-refractivity contribution is 0.225. The van der Waals surface area contributed by atoms with Crippen LogP contribution in [0.5, 0.6) is 0 Å². The van der Waals surface area contributed by atoms with E-state index >= 15 is 0 Å². The van der Waals surface area contributed by atoms with Gasteiger partial charge in [0.15, 0.2) is 0 Å². The molecule has 0 saturated carbocycles. The first-order chi connectivity index (χ1) is 11.4. The third-order valence-corrected chi connectivity index (χ3v) is 5.34. The minimum atomic E-state index is 0.197. The molecule has 1 atom stereocenters. The number of hydrogen-bond donors (Lipinski definition) is 0. The molecule has 3 heterocycles. The first-order valence-electron chi connectivity index (χ1n) is 7.96. The fraction of sp³-hybridized carbons (Fsp3) is 0.471. The molecule has 0 aliphatic heterocycles. The van der Waals surface area contributed by atoms with Crippen LogP contribution in [0.3, 0.4) is 0 Å². The van der Waals surface area contributed by atoms with E-state index in [2.05, 4.69) is 47.9 Å². The van der Waals surface area contributed by atoms with E-state index in [0.717, 1.165) is 22.1 Å². The number of aromatic nitrogens is 4. The van der Waals surface area contributed by atoms with Gasteiger partial charge in [-0.3, -0.25) is 4.90 Å². The second kappa shape index (κ2) is 6.49. The number of rotatable bonds is 5. The van der Waals surface area contributed by atoms with Crippen LogP contribution < -0.4 is 0 Å². The van der Waals surface area contributed by atoms with Crippen LogP contribution in [0, 0.1) is 20.8 Å². The normalized spacial score (nSPS) is 13.0. The molecule has 0 unspecified atom stereocenters. The maximum Gasteiger partial charge on any atom is 0.264 e. The summed E-state index contributed by atoms with van der Waals surface area (Å²) in [6.45, 7) is 8.95. The summed E-state index contributed by atoms with van der Waals surface area (Å²) in [6.07, 6.45) is 0. The Morgan fingerprint density at radius 3 is 2.58 bits per heavy atom. The molecule has 3 rings (SSSR count). The lowest BCUT2D eigenvalue weighted by atomic mass is 10.2.